The summed E-state index contributed by atoms with van der Waals surface area (Å²) in [4.78, 5) is 11.9. The number of hydrogen-bond acceptors (Lipinski definition) is 6. The van der Waals surface area contributed by atoms with E-state index in [1.54, 1.807) is 6.07 Å². The van der Waals surface area contributed by atoms with Gasteiger partial charge in [-0.15, -0.1) is 0 Å². The Kier molecular flexibility index (Phi) is 4.70. The Balaban J connectivity index is 2.52. The van der Waals surface area contributed by atoms with E-state index in [1.807, 2.05) is 6.92 Å². The van der Waals surface area contributed by atoms with Crippen LogP contribution in [0.1, 0.15) is 24.2 Å². The molecule has 0 atom stereocenters. The zero-order chi connectivity index (χ0) is 15.4. The number of phenols is 1. The van der Waals surface area contributed by atoms with E-state index in [-0.39, 0.29) is 35.2 Å². The van der Waals surface area contributed by atoms with Gasteiger partial charge >= 0.3 is 0 Å². The van der Waals surface area contributed by atoms with E-state index in [0.717, 1.165) is 0 Å². The minimum atomic E-state index is -0.319. The molecule has 1 aromatic heterocycles. The number of Topliss-reactive ketones (excluding diaryl/α,β-unsaturated/α-hetero) is 1. The fraction of sp³-hybridized carbons (Fsp3) is 0.400. The Labute approximate surface area is 122 Å². The van der Waals surface area contributed by atoms with E-state index in [4.69, 9.17) is 18.6 Å². The van der Waals surface area contributed by atoms with Gasteiger partial charge in [-0.2, -0.15) is 0 Å². The average Bonchev–Trinajstić information content (AvgIpc) is 2.92. The predicted octanol–water partition coefficient (Wildman–Crippen LogP) is 2.76. The number of fused-ring (bicyclic) bond motifs is 1. The van der Waals surface area contributed by atoms with Crippen molar-refractivity contribution < 1.29 is 28.5 Å². The molecule has 1 heterocycles. The largest absolute Gasteiger partial charge is 0.504 e. The monoisotopic (exact) mass is 294 g/mol. The molecule has 0 fully saturated rings. The van der Waals surface area contributed by atoms with Gasteiger partial charge < -0.3 is 23.7 Å². The Morgan fingerprint density at radius 3 is 2.71 bits per heavy atom. The second-order valence-electron chi connectivity index (χ2n) is 4.35. The van der Waals surface area contributed by atoms with E-state index >= 15 is 0 Å². The lowest BCUT2D eigenvalue weighted by molar-refractivity contribution is 0.0988. The molecule has 0 saturated heterocycles. The van der Waals surface area contributed by atoms with Crippen LogP contribution in [0.2, 0.25) is 0 Å². The number of ketones is 1. The topological polar surface area (TPSA) is 78.1 Å². The normalized spacial score (nSPS) is 10.8. The van der Waals surface area contributed by atoms with Crippen LogP contribution < -0.4 is 9.47 Å². The number of methoxy groups -OCH3 is 1. The van der Waals surface area contributed by atoms with Gasteiger partial charge in [0.15, 0.2) is 17.1 Å². The smallest absolute Gasteiger partial charge is 0.205 e. The van der Waals surface area contributed by atoms with E-state index in [2.05, 4.69) is 0 Å². The van der Waals surface area contributed by atoms with Gasteiger partial charge in [-0.25, -0.2) is 0 Å². The number of carbonyl (C=O) groups is 1. The maximum atomic E-state index is 11.9. The number of furan rings is 1. The molecule has 0 aliphatic carbocycles. The molecular formula is C15H18O6. The van der Waals surface area contributed by atoms with Crippen molar-refractivity contribution in [3.63, 3.8) is 0 Å². The molecule has 0 aliphatic rings. The summed E-state index contributed by atoms with van der Waals surface area (Å²) in [6.07, 6.45) is 1.45. The van der Waals surface area contributed by atoms with Crippen LogP contribution >= 0.6 is 0 Å². The van der Waals surface area contributed by atoms with Crippen LogP contribution in [0.25, 0.3) is 11.0 Å². The summed E-state index contributed by atoms with van der Waals surface area (Å²) in [5.74, 6) is -0.194. The van der Waals surface area contributed by atoms with Crippen LogP contribution in [0.15, 0.2) is 16.7 Å². The summed E-state index contributed by atoms with van der Waals surface area (Å²) >= 11 is 0. The van der Waals surface area contributed by atoms with Crippen LogP contribution in [-0.4, -0.2) is 37.8 Å². The van der Waals surface area contributed by atoms with Gasteiger partial charge in [-0.1, -0.05) is 0 Å². The van der Waals surface area contributed by atoms with E-state index in [0.29, 0.717) is 24.2 Å². The first kappa shape index (κ1) is 15.2. The van der Waals surface area contributed by atoms with Gasteiger partial charge in [0, 0.05) is 6.61 Å². The third-order valence-electron chi connectivity index (χ3n) is 3.03. The summed E-state index contributed by atoms with van der Waals surface area (Å²) in [5, 5.41) is 10.8. The molecule has 0 aliphatic heterocycles. The number of rotatable bonds is 7. The minimum absolute atomic E-state index is 0.0808. The number of phenolic OH excluding ortho intramolecular Hbond substituents is 1. The first-order chi connectivity index (χ1) is 10.1. The van der Waals surface area contributed by atoms with Crippen molar-refractivity contribution in [2.75, 3.05) is 26.9 Å². The first-order valence-corrected chi connectivity index (χ1v) is 6.63. The number of aromatic hydroxyl groups is 1. The summed E-state index contributed by atoms with van der Waals surface area (Å²) in [5.41, 5.74) is 0.420. The second kappa shape index (κ2) is 6.49. The maximum absolute atomic E-state index is 11.9. The molecule has 0 spiro atoms. The van der Waals surface area contributed by atoms with Gasteiger partial charge in [-0.05, 0) is 19.9 Å². The highest BCUT2D eigenvalue weighted by Crippen LogP contribution is 2.45. The number of hydrogen-bond donors (Lipinski definition) is 1. The van der Waals surface area contributed by atoms with Gasteiger partial charge in [0.2, 0.25) is 5.75 Å². The van der Waals surface area contributed by atoms with Crippen LogP contribution in [0.5, 0.6) is 17.2 Å². The first-order valence-electron chi connectivity index (χ1n) is 6.63. The molecule has 0 amide bonds. The summed E-state index contributed by atoms with van der Waals surface area (Å²) in [7, 11) is 1.40. The van der Waals surface area contributed by atoms with Crippen LogP contribution in [0, 0.1) is 0 Å². The van der Waals surface area contributed by atoms with Crippen molar-refractivity contribution in [1.82, 2.24) is 0 Å². The van der Waals surface area contributed by atoms with Crippen molar-refractivity contribution in [2.24, 2.45) is 0 Å². The van der Waals surface area contributed by atoms with Gasteiger partial charge in [-0.3, -0.25) is 4.79 Å². The molecule has 1 aromatic carbocycles. The van der Waals surface area contributed by atoms with E-state index in [9.17, 15) is 9.90 Å². The quantitative estimate of drug-likeness (QED) is 0.625. The molecule has 1 N–H and O–H groups in total. The third kappa shape index (κ3) is 2.80. The Hall–Kier alpha value is -2.21. The highest BCUT2D eigenvalue weighted by Gasteiger charge is 2.25. The standard InChI is InChI=1S/C15H18O6/c1-4-19-7-8-21-13-10-5-6-20-14(10)15(18-3)12(17)11(13)9(2)16/h5-6,17H,4,7-8H2,1-3H3. The molecule has 21 heavy (non-hydrogen) atoms. The Morgan fingerprint density at radius 1 is 1.33 bits per heavy atom. The molecule has 0 bridgehead atoms. The lowest BCUT2D eigenvalue weighted by Gasteiger charge is -2.15. The fourth-order valence-electron chi connectivity index (χ4n) is 2.14. The number of ether oxygens (including phenoxy) is 3. The van der Waals surface area contributed by atoms with Gasteiger partial charge in [0.25, 0.3) is 0 Å². The minimum Gasteiger partial charge on any atom is -0.504 e. The van der Waals surface area contributed by atoms with Crippen LogP contribution in [-0.2, 0) is 4.74 Å². The summed E-state index contributed by atoms with van der Waals surface area (Å²) < 4.78 is 21.3. The molecule has 0 radical (unpaired) electrons. The summed E-state index contributed by atoms with van der Waals surface area (Å²) in [6, 6.07) is 1.67. The van der Waals surface area contributed by atoms with E-state index in [1.165, 1.54) is 20.3 Å². The van der Waals surface area contributed by atoms with Crippen molar-refractivity contribution in [2.45, 2.75) is 13.8 Å². The van der Waals surface area contributed by atoms with E-state index < -0.39 is 0 Å². The zero-order valence-electron chi connectivity index (χ0n) is 12.3. The molecule has 2 rings (SSSR count). The molecule has 0 saturated carbocycles. The lowest BCUT2D eigenvalue weighted by Crippen LogP contribution is -2.09. The van der Waals surface area contributed by atoms with Crippen molar-refractivity contribution in [1.29, 1.82) is 0 Å². The average molecular weight is 294 g/mol. The van der Waals surface area contributed by atoms with Crippen LogP contribution in [0.4, 0.5) is 0 Å². The number of benzene rings is 1. The molecule has 0 unspecified atom stereocenters. The lowest BCUT2D eigenvalue weighted by atomic mass is 10.0. The third-order valence-corrected chi connectivity index (χ3v) is 3.03. The molecular weight excluding hydrogens is 276 g/mol. The van der Waals surface area contributed by atoms with Gasteiger partial charge in [0.05, 0.1) is 25.4 Å². The Morgan fingerprint density at radius 2 is 2.10 bits per heavy atom. The SMILES string of the molecule is CCOCCOc1c(C(C)=O)c(O)c(OC)c2occc12. The maximum Gasteiger partial charge on any atom is 0.205 e. The Bertz CT molecular complexity index is 643. The van der Waals surface area contributed by atoms with Crippen molar-refractivity contribution in [3.8, 4) is 17.2 Å². The fourth-order valence-corrected chi connectivity index (χ4v) is 2.14. The molecule has 6 nitrogen and oxygen atoms in total. The van der Waals surface area contributed by atoms with Crippen LogP contribution in [0.3, 0.4) is 0 Å². The molecule has 2 aromatic rings. The number of carbonyl (C=O) groups excluding carboxylic acids is 1. The predicted molar refractivity (Wildman–Crippen MR) is 76.4 cm³/mol. The van der Waals surface area contributed by atoms with Gasteiger partial charge in [0.1, 0.15) is 17.9 Å². The molecule has 6 heteroatoms. The summed E-state index contributed by atoms with van der Waals surface area (Å²) in [6.45, 7) is 4.47. The zero-order valence-corrected chi connectivity index (χ0v) is 12.3. The highest BCUT2D eigenvalue weighted by molar-refractivity contribution is 6.08. The second-order valence-corrected chi connectivity index (χ2v) is 4.35. The molecule has 114 valence electrons. The van der Waals surface area contributed by atoms with Crippen molar-refractivity contribution in [3.05, 3.63) is 17.9 Å². The van der Waals surface area contributed by atoms with Crippen molar-refractivity contribution >= 4 is 16.8 Å². The highest BCUT2D eigenvalue weighted by atomic mass is 16.5.